The van der Waals surface area contributed by atoms with Crippen molar-refractivity contribution in [2.24, 2.45) is 17.6 Å². The van der Waals surface area contributed by atoms with Gasteiger partial charge in [0.15, 0.2) is 0 Å². The van der Waals surface area contributed by atoms with Gasteiger partial charge in [0, 0.05) is 18.6 Å². The number of nitrogens with zero attached hydrogens (tertiary/aromatic N) is 1. The van der Waals surface area contributed by atoms with E-state index < -0.39 is 0 Å². The topological polar surface area (TPSA) is 29.3 Å². The van der Waals surface area contributed by atoms with Gasteiger partial charge in [0.1, 0.15) is 0 Å². The van der Waals surface area contributed by atoms with Gasteiger partial charge < -0.3 is 5.73 Å². The number of nitrogens with two attached hydrogens (primary N) is 1. The molecule has 2 rings (SSSR count). The Morgan fingerprint density at radius 2 is 2.33 bits per heavy atom. The summed E-state index contributed by atoms with van der Waals surface area (Å²) < 4.78 is 0. The standard InChI is InChI=1S/C13H26N2/c1-3-5-11(2)12-8-13(10-14)6-4-7-15(13)9-12/h11-12H,3-10,14H2,1-2H3. The number of rotatable bonds is 4. The van der Waals surface area contributed by atoms with Crippen molar-refractivity contribution in [2.45, 2.75) is 51.5 Å². The summed E-state index contributed by atoms with van der Waals surface area (Å²) >= 11 is 0. The molecule has 2 nitrogen and oxygen atoms in total. The van der Waals surface area contributed by atoms with Crippen molar-refractivity contribution in [2.75, 3.05) is 19.6 Å². The van der Waals surface area contributed by atoms with Crippen molar-refractivity contribution in [3.63, 3.8) is 0 Å². The first kappa shape index (κ1) is 11.4. The third-order valence-corrected chi connectivity index (χ3v) is 4.77. The zero-order chi connectivity index (χ0) is 10.9. The van der Waals surface area contributed by atoms with Crippen molar-refractivity contribution in [1.29, 1.82) is 0 Å². The zero-order valence-corrected chi connectivity index (χ0v) is 10.3. The van der Waals surface area contributed by atoms with E-state index in [4.69, 9.17) is 5.73 Å². The summed E-state index contributed by atoms with van der Waals surface area (Å²) in [4.78, 5) is 2.68. The third-order valence-electron chi connectivity index (χ3n) is 4.77. The number of hydrogen-bond acceptors (Lipinski definition) is 2. The smallest absolute Gasteiger partial charge is 0.0335 e. The first-order chi connectivity index (χ1) is 7.22. The quantitative estimate of drug-likeness (QED) is 0.771. The van der Waals surface area contributed by atoms with Crippen molar-refractivity contribution in [3.8, 4) is 0 Å². The van der Waals surface area contributed by atoms with Gasteiger partial charge >= 0.3 is 0 Å². The molecule has 2 aliphatic rings. The lowest BCUT2D eigenvalue weighted by atomic mass is 9.83. The molecule has 0 bridgehead atoms. The minimum Gasteiger partial charge on any atom is -0.329 e. The normalized spacial score (nSPS) is 38.2. The maximum absolute atomic E-state index is 6.00. The molecule has 3 unspecified atom stereocenters. The van der Waals surface area contributed by atoms with Gasteiger partial charge in [-0.05, 0) is 37.6 Å². The molecule has 0 radical (unpaired) electrons. The van der Waals surface area contributed by atoms with E-state index in [-0.39, 0.29) is 0 Å². The summed E-state index contributed by atoms with van der Waals surface area (Å²) in [5.41, 5.74) is 6.41. The fourth-order valence-corrected chi connectivity index (χ4v) is 3.73. The van der Waals surface area contributed by atoms with Crippen LogP contribution in [0.15, 0.2) is 0 Å². The lowest BCUT2D eigenvalue weighted by Crippen LogP contribution is -2.44. The second kappa shape index (κ2) is 4.42. The van der Waals surface area contributed by atoms with E-state index in [1.165, 1.54) is 45.2 Å². The molecule has 0 spiro atoms. The third kappa shape index (κ3) is 1.94. The summed E-state index contributed by atoms with van der Waals surface area (Å²) in [5.74, 6) is 1.80. The van der Waals surface area contributed by atoms with Gasteiger partial charge in [-0.1, -0.05) is 26.7 Å². The maximum atomic E-state index is 6.00. The monoisotopic (exact) mass is 210 g/mol. The van der Waals surface area contributed by atoms with E-state index in [0.29, 0.717) is 5.54 Å². The van der Waals surface area contributed by atoms with E-state index in [2.05, 4.69) is 18.7 Å². The molecule has 2 fully saturated rings. The molecule has 15 heavy (non-hydrogen) atoms. The highest BCUT2D eigenvalue weighted by Crippen LogP contribution is 2.43. The van der Waals surface area contributed by atoms with Crippen molar-refractivity contribution in [1.82, 2.24) is 4.90 Å². The second-order valence-electron chi connectivity index (χ2n) is 5.71. The van der Waals surface area contributed by atoms with Gasteiger partial charge in [0.2, 0.25) is 0 Å². The molecule has 0 aromatic carbocycles. The van der Waals surface area contributed by atoms with Crippen LogP contribution < -0.4 is 5.73 Å². The summed E-state index contributed by atoms with van der Waals surface area (Å²) in [5, 5.41) is 0. The molecule has 2 N–H and O–H groups in total. The zero-order valence-electron chi connectivity index (χ0n) is 10.3. The minimum atomic E-state index is 0.409. The van der Waals surface area contributed by atoms with Crippen molar-refractivity contribution >= 4 is 0 Å². The molecule has 3 atom stereocenters. The molecule has 88 valence electrons. The highest BCUT2D eigenvalue weighted by atomic mass is 15.3. The van der Waals surface area contributed by atoms with Crippen molar-refractivity contribution < 1.29 is 0 Å². The molecule has 2 heterocycles. The molecule has 2 saturated heterocycles. The highest BCUT2D eigenvalue weighted by Gasteiger charge is 2.48. The van der Waals surface area contributed by atoms with E-state index in [1.807, 2.05) is 0 Å². The highest BCUT2D eigenvalue weighted by molar-refractivity contribution is 5.04. The Bertz CT molecular complexity index is 217. The summed E-state index contributed by atoms with van der Waals surface area (Å²) in [6.07, 6.45) is 6.79. The SMILES string of the molecule is CCCC(C)C1CN2CCCC2(CN)C1. The van der Waals surface area contributed by atoms with Crippen LogP contribution in [-0.2, 0) is 0 Å². The summed E-state index contributed by atoms with van der Waals surface area (Å²) in [7, 11) is 0. The average Bonchev–Trinajstić information content (AvgIpc) is 2.73. The molecule has 0 aliphatic carbocycles. The Labute approximate surface area is 94.2 Å². The molecule has 0 aromatic heterocycles. The van der Waals surface area contributed by atoms with Crippen LogP contribution in [0, 0.1) is 11.8 Å². The predicted molar refractivity (Wildman–Crippen MR) is 64.8 cm³/mol. The van der Waals surface area contributed by atoms with E-state index in [1.54, 1.807) is 0 Å². The van der Waals surface area contributed by atoms with Gasteiger partial charge in [0.25, 0.3) is 0 Å². The van der Waals surface area contributed by atoms with E-state index in [9.17, 15) is 0 Å². The van der Waals surface area contributed by atoms with Gasteiger partial charge in [-0.25, -0.2) is 0 Å². The average molecular weight is 210 g/mol. The van der Waals surface area contributed by atoms with Crippen LogP contribution in [0.4, 0.5) is 0 Å². The Kier molecular flexibility index (Phi) is 3.36. The van der Waals surface area contributed by atoms with Crippen LogP contribution in [-0.4, -0.2) is 30.1 Å². The lowest BCUT2D eigenvalue weighted by molar-refractivity contribution is 0.203. The fourth-order valence-electron chi connectivity index (χ4n) is 3.73. The fraction of sp³-hybridized carbons (Fsp3) is 1.00. The summed E-state index contributed by atoms with van der Waals surface area (Å²) in [6, 6.07) is 0. The number of hydrogen-bond donors (Lipinski definition) is 1. The van der Waals surface area contributed by atoms with Crippen LogP contribution in [0.3, 0.4) is 0 Å². The lowest BCUT2D eigenvalue weighted by Gasteiger charge is -2.30. The van der Waals surface area contributed by atoms with Crippen molar-refractivity contribution in [3.05, 3.63) is 0 Å². The Balaban J connectivity index is 1.98. The minimum absolute atomic E-state index is 0.409. The largest absolute Gasteiger partial charge is 0.329 e. The molecular formula is C13H26N2. The van der Waals surface area contributed by atoms with Gasteiger partial charge in [0.05, 0.1) is 0 Å². The van der Waals surface area contributed by atoms with Crippen LogP contribution in [0.2, 0.25) is 0 Å². The van der Waals surface area contributed by atoms with E-state index >= 15 is 0 Å². The molecule has 2 aliphatic heterocycles. The van der Waals surface area contributed by atoms with Gasteiger partial charge in [-0.15, -0.1) is 0 Å². The van der Waals surface area contributed by atoms with Gasteiger partial charge in [-0.3, -0.25) is 4.90 Å². The molecule has 2 heteroatoms. The summed E-state index contributed by atoms with van der Waals surface area (Å²) in [6.45, 7) is 8.22. The second-order valence-corrected chi connectivity index (χ2v) is 5.71. The molecular weight excluding hydrogens is 184 g/mol. The molecule has 0 amide bonds. The Hall–Kier alpha value is -0.0800. The van der Waals surface area contributed by atoms with E-state index in [0.717, 1.165) is 18.4 Å². The first-order valence-corrected chi connectivity index (χ1v) is 6.67. The molecule has 0 aromatic rings. The molecule has 0 saturated carbocycles. The van der Waals surface area contributed by atoms with Crippen LogP contribution in [0.5, 0.6) is 0 Å². The van der Waals surface area contributed by atoms with Crippen LogP contribution in [0.1, 0.15) is 46.0 Å². The van der Waals surface area contributed by atoms with Crippen LogP contribution >= 0.6 is 0 Å². The number of fused-ring (bicyclic) bond motifs is 1. The van der Waals surface area contributed by atoms with Gasteiger partial charge in [-0.2, -0.15) is 0 Å². The predicted octanol–water partition coefficient (Wildman–Crippen LogP) is 2.24. The Morgan fingerprint density at radius 3 is 2.93 bits per heavy atom. The van der Waals surface area contributed by atoms with Crippen LogP contribution in [0.25, 0.3) is 0 Å². The first-order valence-electron chi connectivity index (χ1n) is 6.67. The maximum Gasteiger partial charge on any atom is 0.0335 e. The Morgan fingerprint density at radius 1 is 1.53 bits per heavy atom.